The molecule has 0 fully saturated rings. The van der Waals surface area contributed by atoms with Crippen LogP contribution in [0.1, 0.15) is 94.6 Å². The van der Waals surface area contributed by atoms with Crippen LogP contribution in [0, 0.1) is 118 Å². The van der Waals surface area contributed by atoms with E-state index in [1.807, 2.05) is 125 Å². The fourth-order valence-corrected chi connectivity index (χ4v) is 22.3. The molecule has 0 amide bonds. The molecule has 0 atom stereocenters. The Kier molecular flexibility index (Phi) is 22.0. The van der Waals surface area contributed by atoms with E-state index in [1.54, 1.807) is 18.6 Å². The molecule has 0 saturated carbocycles. The Bertz CT molecular complexity index is 5640. The van der Waals surface area contributed by atoms with Crippen LogP contribution in [0.25, 0.3) is 64.0 Å². The standard InChI is InChI=1S/C71H73B3S3.3C9H7NO.Al/c1-40-18-19-60(46(7)26-40)72(67-47(8)27-41(2)28-48(67)9)64-23-20-61(75-64)57-37-58(62-21-24-65(76-62)73(68-49(10)29-42(3)30-50(68)11)69-51(12)31-43(4)32-52(69)13)39-59(38-57)63-22-25-66(77-63)74(70-53(14)33-44(5)34-54(70)15)71-55(16)35-45(6)36-56(71)17;3*11-8-5-1-3-7-4-2-6-10-9(7)8;/h18-39H,1-17H3;3*1-6,11H;/q;;;;+3/p-3. The van der Waals surface area contributed by atoms with Crippen LogP contribution in [0.5, 0.6) is 17.2 Å². The Hall–Kier alpha value is -10.3. The zero-order valence-electron chi connectivity index (χ0n) is 66.7. The van der Waals surface area contributed by atoms with Gasteiger partial charge in [0.25, 0.3) is 20.1 Å². The molecule has 6 aromatic heterocycles. The lowest BCUT2D eigenvalue weighted by Gasteiger charge is -2.23. The first-order valence-corrected chi connectivity index (χ1v) is 42.3. The number of para-hydroxylation sites is 3. The van der Waals surface area contributed by atoms with E-state index in [4.69, 9.17) is 11.4 Å². The molecule has 111 heavy (non-hydrogen) atoms. The molecule has 16 rings (SSSR count). The fourth-order valence-electron chi connectivity index (χ4n) is 17.6. The molecule has 0 aliphatic carbocycles. The summed E-state index contributed by atoms with van der Waals surface area (Å²) < 4.78 is 23.4. The Morgan fingerprint density at radius 3 is 0.802 bits per heavy atom. The number of pyridine rings is 3. The first kappa shape index (κ1) is 76.0. The van der Waals surface area contributed by atoms with Crippen molar-refractivity contribution >= 4 is 149 Å². The summed E-state index contributed by atoms with van der Waals surface area (Å²) in [5.41, 5.74) is 37.3. The predicted octanol–water partition coefficient (Wildman–Crippen LogP) is 19.5. The van der Waals surface area contributed by atoms with Gasteiger partial charge in [0.1, 0.15) is 33.8 Å². The van der Waals surface area contributed by atoms with Gasteiger partial charge in [-0.25, -0.2) is 0 Å². The summed E-state index contributed by atoms with van der Waals surface area (Å²) >= 11 is 3.04. The van der Waals surface area contributed by atoms with E-state index in [2.05, 4.69) is 266 Å². The number of hydrogen-bond donors (Lipinski definition) is 0. The number of rotatable bonds is 18. The number of hydrogen-bond acceptors (Lipinski definition) is 9. The summed E-state index contributed by atoms with van der Waals surface area (Å²) in [7, 11) is 0. The van der Waals surface area contributed by atoms with Crippen LogP contribution in [0.15, 0.2) is 243 Å². The number of aryl methyl sites for hydroxylation is 17. The van der Waals surface area contributed by atoms with Crippen LogP contribution in [0.3, 0.4) is 0 Å². The van der Waals surface area contributed by atoms with Gasteiger partial charge in [0.15, 0.2) is 0 Å². The smallest absolute Gasteiger partial charge is 0.576 e. The van der Waals surface area contributed by atoms with Crippen LogP contribution in [-0.2, 0) is 0 Å². The van der Waals surface area contributed by atoms with Crippen molar-refractivity contribution in [2.24, 2.45) is 0 Å². The molecule has 0 aliphatic rings. The summed E-state index contributed by atoms with van der Waals surface area (Å²) in [6.45, 7) is 39.1. The van der Waals surface area contributed by atoms with Gasteiger partial charge in [-0.2, -0.15) is 0 Å². The van der Waals surface area contributed by atoms with Gasteiger partial charge < -0.3 is 11.4 Å². The van der Waals surface area contributed by atoms with Crippen LogP contribution in [0.2, 0.25) is 0 Å². The van der Waals surface area contributed by atoms with E-state index >= 15 is 0 Å². The molecule has 0 radical (unpaired) electrons. The Balaban J connectivity index is 0.000000237. The number of nitrogens with zero attached hydrogens (tertiary/aromatic N) is 3. The molecule has 0 aliphatic heterocycles. The monoisotopic (exact) mass is 1510 g/mol. The second-order valence-corrected chi connectivity index (χ2v) is 35.4. The van der Waals surface area contributed by atoms with Crippen molar-refractivity contribution in [3.05, 3.63) is 338 Å². The van der Waals surface area contributed by atoms with Gasteiger partial charge in [-0.3, -0.25) is 15.0 Å². The van der Waals surface area contributed by atoms with Gasteiger partial charge in [0.2, 0.25) is 0 Å². The molecular weight excluding hydrogens is 1420 g/mol. The largest absolute Gasteiger partial charge is 1.20 e. The van der Waals surface area contributed by atoms with E-state index < -0.39 is 15.1 Å². The van der Waals surface area contributed by atoms with Gasteiger partial charge in [0.05, 0.1) is 0 Å². The summed E-state index contributed by atoms with van der Waals surface area (Å²) in [6, 6.07) is 81.9. The third-order valence-electron chi connectivity index (χ3n) is 21.8. The van der Waals surface area contributed by atoms with Gasteiger partial charge in [0, 0.05) is 49.4 Å². The molecule has 16 aromatic rings. The highest BCUT2D eigenvalue weighted by molar-refractivity contribution is 7.31. The molecule has 10 aromatic carbocycles. The van der Waals surface area contributed by atoms with E-state index in [9.17, 15) is 0 Å². The van der Waals surface area contributed by atoms with Gasteiger partial charge in [-0.05, 0) is 222 Å². The molecule has 6 nitrogen and oxygen atoms in total. The lowest BCUT2D eigenvalue weighted by atomic mass is 9.37. The third-order valence-corrected chi connectivity index (χ3v) is 26.8. The van der Waals surface area contributed by atoms with E-state index in [0.717, 1.165) is 32.7 Å². The maximum absolute atomic E-state index is 6.41. The minimum atomic E-state index is -2.86. The van der Waals surface area contributed by atoms with E-state index in [0.29, 0.717) is 17.2 Å². The van der Waals surface area contributed by atoms with Crippen LogP contribution >= 0.6 is 34.0 Å². The molecule has 6 heterocycles. The van der Waals surface area contributed by atoms with Crippen molar-refractivity contribution in [3.8, 4) is 48.6 Å². The zero-order valence-corrected chi connectivity index (χ0v) is 70.3. The van der Waals surface area contributed by atoms with Crippen molar-refractivity contribution in [2.75, 3.05) is 0 Å². The van der Waals surface area contributed by atoms with Gasteiger partial charge in [-0.15, -0.1) is 34.0 Å². The van der Waals surface area contributed by atoms with Crippen LogP contribution in [-0.4, -0.2) is 50.2 Å². The highest BCUT2D eigenvalue weighted by atomic mass is 32.1. The topological polar surface area (TPSA) is 66.4 Å². The van der Waals surface area contributed by atoms with Crippen molar-refractivity contribution in [1.82, 2.24) is 15.0 Å². The second-order valence-electron chi connectivity index (χ2n) is 30.8. The molecule has 0 spiro atoms. The second kappa shape index (κ2) is 32.2. The first-order valence-electron chi connectivity index (χ1n) is 38.4. The van der Waals surface area contributed by atoms with Crippen molar-refractivity contribution in [2.45, 2.75) is 118 Å². The van der Waals surface area contributed by atoms with E-state index in [-0.39, 0.29) is 20.1 Å². The Labute approximate surface area is 674 Å². The summed E-state index contributed by atoms with van der Waals surface area (Å²) in [5, 5.41) is 2.93. The van der Waals surface area contributed by atoms with E-state index in [1.165, 1.54) is 173 Å². The summed E-state index contributed by atoms with van der Waals surface area (Å²) in [6.07, 6.45) is 5.24. The summed E-state index contributed by atoms with van der Waals surface area (Å²) in [4.78, 5) is 17.4. The molecule has 0 bridgehead atoms. The fraction of sp³-hybridized carbons (Fsp3) is 0.173. The minimum Gasteiger partial charge on any atom is -0.576 e. The highest BCUT2D eigenvalue weighted by Gasteiger charge is 2.46. The van der Waals surface area contributed by atoms with Crippen molar-refractivity contribution < 1.29 is 11.4 Å². The Morgan fingerprint density at radius 1 is 0.252 bits per heavy atom. The SMILES string of the molecule is Cc1ccc(B(c2ccc(-c3cc(-c4ccc(B(c5c(C)cc(C)cc5C)c5c(C)cc(C)cc5C)s4)cc(-c4ccc(B(c5c(C)cc(C)cc5C)c5c(C)cc(C)cc5C)s4)c3)s2)c2c(C)cc(C)cc2C)c(C)c1.c1cnc2c([O][Al]([O]c3cccc4cccnc34)[O]c3cccc4cccnc34)cccc2c1. The molecule has 0 N–H and O–H groups in total. The number of aromatic nitrogens is 3. The normalized spacial score (nSPS) is 11.3. The maximum atomic E-state index is 6.41. The molecule has 546 valence electrons. The number of fused-ring (bicyclic) bond motifs is 3. The van der Waals surface area contributed by atoms with Crippen LogP contribution in [0.4, 0.5) is 0 Å². The molecule has 0 saturated heterocycles. The zero-order chi connectivity index (χ0) is 77.6. The summed E-state index contributed by atoms with van der Waals surface area (Å²) in [5.74, 6) is 1.82. The Morgan fingerprint density at radius 2 is 0.514 bits per heavy atom. The van der Waals surface area contributed by atoms with Crippen molar-refractivity contribution in [3.63, 3.8) is 0 Å². The first-order chi connectivity index (χ1) is 53.5. The van der Waals surface area contributed by atoms with Gasteiger partial charge >= 0.3 is 15.1 Å². The number of thiophene rings is 3. The number of benzene rings is 10. The van der Waals surface area contributed by atoms with Crippen molar-refractivity contribution in [1.29, 1.82) is 0 Å². The predicted molar refractivity (Wildman–Crippen MR) is 482 cm³/mol. The average molecular weight is 1510 g/mol. The van der Waals surface area contributed by atoms with Crippen LogP contribution < -0.4 is 58.5 Å². The lowest BCUT2D eigenvalue weighted by Crippen LogP contribution is -2.54. The minimum absolute atomic E-state index is 0.118. The third kappa shape index (κ3) is 15.9. The highest BCUT2D eigenvalue weighted by Crippen LogP contribution is 2.39. The average Bonchev–Trinajstić information content (AvgIpc) is 1.56. The lowest BCUT2D eigenvalue weighted by molar-refractivity contribution is 0.311. The quantitative estimate of drug-likeness (QED) is 0.0798. The molecule has 13 heteroatoms. The molecular formula is C98H91AlB3N3O3S3. The molecule has 0 unspecified atom stereocenters. The van der Waals surface area contributed by atoms with Gasteiger partial charge in [-0.1, -0.05) is 279 Å². The maximum Gasteiger partial charge on any atom is 1.20 e.